The molecule has 0 fully saturated rings. The summed E-state index contributed by atoms with van der Waals surface area (Å²) in [6.45, 7) is 0.707. The van der Waals surface area contributed by atoms with Crippen LogP contribution < -0.4 is 26.3 Å². The van der Waals surface area contributed by atoms with E-state index >= 15 is 0 Å². The highest BCUT2D eigenvalue weighted by Crippen LogP contribution is 2.29. The highest BCUT2D eigenvalue weighted by molar-refractivity contribution is 7.80. The number of thiocarbonyl (C=S) groups is 1. The molecular weight excluding hydrogens is 468 g/mol. The van der Waals surface area contributed by atoms with Crippen molar-refractivity contribution in [3.63, 3.8) is 0 Å². The fourth-order valence-corrected chi connectivity index (χ4v) is 2.71. The number of hydrogen-bond donors (Lipinski definition) is 3. The highest BCUT2D eigenvalue weighted by Gasteiger charge is 2.18. The topological polar surface area (TPSA) is 178 Å². The lowest BCUT2D eigenvalue weighted by atomic mass is 10.1. The molecule has 0 saturated carbocycles. The second kappa shape index (κ2) is 16.2. The monoisotopic (exact) mass is 498 g/mol. The third kappa shape index (κ3) is 12.6. The van der Waals surface area contributed by atoms with Gasteiger partial charge >= 0.3 is 11.9 Å². The summed E-state index contributed by atoms with van der Waals surface area (Å²) in [7, 11) is 1.42. The van der Waals surface area contributed by atoms with Crippen LogP contribution in [0.3, 0.4) is 0 Å². The van der Waals surface area contributed by atoms with Crippen LogP contribution in [0.1, 0.15) is 37.7 Å². The van der Waals surface area contributed by atoms with Gasteiger partial charge in [-0.05, 0) is 68.1 Å². The molecule has 0 aromatic heterocycles. The van der Waals surface area contributed by atoms with E-state index in [1.807, 2.05) is 0 Å². The Morgan fingerprint density at radius 3 is 2.62 bits per heavy atom. The Morgan fingerprint density at radius 1 is 1.21 bits per heavy atom. The number of nitrogens with two attached hydrogens (primary N) is 2. The number of benzene rings is 1. The van der Waals surface area contributed by atoms with E-state index in [0.717, 1.165) is 0 Å². The Balaban J connectivity index is 2.47. The fourth-order valence-electron chi connectivity index (χ4n) is 2.61. The minimum absolute atomic E-state index is 0.0152. The number of carbonyl (C=O) groups is 2. The number of esters is 2. The molecule has 1 rings (SSSR count). The smallest absolute Gasteiger partial charge is 0.330 e. The van der Waals surface area contributed by atoms with E-state index in [2.05, 4.69) is 10.2 Å². The molecule has 0 radical (unpaired) electrons. The minimum atomic E-state index is -0.841. The van der Waals surface area contributed by atoms with Gasteiger partial charge in [-0.1, -0.05) is 6.07 Å². The second-order valence-corrected chi connectivity index (χ2v) is 7.43. The van der Waals surface area contributed by atoms with Gasteiger partial charge < -0.3 is 35.8 Å². The first-order chi connectivity index (χ1) is 16.2. The molecule has 1 aromatic rings. The van der Waals surface area contributed by atoms with Crippen LogP contribution in [0.5, 0.6) is 11.5 Å². The Labute approximate surface area is 202 Å². The molecule has 5 N–H and O–H groups in total. The van der Waals surface area contributed by atoms with Crippen molar-refractivity contribution < 1.29 is 33.7 Å². The van der Waals surface area contributed by atoms with Crippen molar-refractivity contribution in [1.82, 2.24) is 5.32 Å². The SMILES string of the molecule is COc1cc(/C=C/C(=O)OCCCCCO[N+](=O)[O-])ccc1OC(=O)C(N)CCCNC(N)=S. The van der Waals surface area contributed by atoms with Crippen molar-refractivity contribution in [1.29, 1.82) is 0 Å². The number of nitrogens with zero attached hydrogens (tertiary/aromatic N) is 1. The van der Waals surface area contributed by atoms with Gasteiger partial charge in [0.2, 0.25) is 0 Å². The van der Waals surface area contributed by atoms with Crippen molar-refractivity contribution >= 4 is 35.3 Å². The zero-order chi connectivity index (χ0) is 25.3. The molecule has 34 heavy (non-hydrogen) atoms. The summed E-state index contributed by atoms with van der Waals surface area (Å²) < 4.78 is 15.7. The number of ether oxygens (including phenoxy) is 3. The van der Waals surface area contributed by atoms with Crippen molar-refractivity contribution in [2.24, 2.45) is 11.5 Å². The van der Waals surface area contributed by atoms with Crippen LogP contribution in [0, 0.1) is 10.1 Å². The summed E-state index contributed by atoms with van der Waals surface area (Å²) in [5.74, 6) is -0.648. The van der Waals surface area contributed by atoms with Gasteiger partial charge in [0, 0.05) is 12.6 Å². The first-order valence-corrected chi connectivity index (χ1v) is 10.9. The molecule has 188 valence electrons. The molecule has 0 aliphatic heterocycles. The van der Waals surface area contributed by atoms with Crippen molar-refractivity contribution in [3.8, 4) is 11.5 Å². The van der Waals surface area contributed by atoms with Crippen molar-refractivity contribution in [2.75, 3.05) is 26.9 Å². The Bertz CT molecular complexity index is 865. The van der Waals surface area contributed by atoms with Crippen LogP contribution in [-0.2, 0) is 19.2 Å². The van der Waals surface area contributed by atoms with E-state index < -0.39 is 23.1 Å². The third-order valence-electron chi connectivity index (χ3n) is 4.33. The molecule has 0 bridgehead atoms. The lowest BCUT2D eigenvalue weighted by Gasteiger charge is -2.14. The predicted octanol–water partition coefficient (Wildman–Crippen LogP) is 1.48. The normalized spacial score (nSPS) is 11.5. The van der Waals surface area contributed by atoms with Gasteiger partial charge in [0.1, 0.15) is 6.04 Å². The minimum Gasteiger partial charge on any atom is -0.493 e. The Kier molecular flexibility index (Phi) is 13.6. The average Bonchev–Trinajstić information content (AvgIpc) is 2.79. The largest absolute Gasteiger partial charge is 0.493 e. The van der Waals surface area contributed by atoms with Gasteiger partial charge in [-0.15, -0.1) is 10.1 Å². The summed E-state index contributed by atoms with van der Waals surface area (Å²) >= 11 is 4.71. The molecular formula is C21H30N4O8S. The number of nitrogens with one attached hydrogen (secondary N) is 1. The molecule has 0 aliphatic carbocycles. The van der Waals surface area contributed by atoms with Crippen LogP contribution in [0.2, 0.25) is 0 Å². The molecule has 0 spiro atoms. The van der Waals surface area contributed by atoms with Crippen molar-refractivity contribution in [3.05, 3.63) is 40.0 Å². The summed E-state index contributed by atoms with van der Waals surface area (Å²) in [4.78, 5) is 38.3. The maximum atomic E-state index is 12.2. The van der Waals surface area contributed by atoms with E-state index in [9.17, 15) is 19.7 Å². The molecule has 0 aliphatic rings. The molecule has 1 aromatic carbocycles. The quantitative estimate of drug-likeness (QED) is 0.0569. The van der Waals surface area contributed by atoms with Crippen LogP contribution in [0.15, 0.2) is 24.3 Å². The molecule has 0 amide bonds. The number of methoxy groups -OCH3 is 1. The number of carbonyl (C=O) groups excluding carboxylic acids is 2. The van der Waals surface area contributed by atoms with E-state index in [-0.39, 0.29) is 24.1 Å². The van der Waals surface area contributed by atoms with Gasteiger partial charge in [0.05, 0.1) is 20.3 Å². The van der Waals surface area contributed by atoms with Crippen LogP contribution in [0.4, 0.5) is 0 Å². The number of unbranched alkanes of at least 4 members (excludes halogenated alkanes) is 2. The fraction of sp³-hybridized carbons (Fsp3) is 0.476. The zero-order valence-corrected chi connectivity index (χ0v) is 19.7. The zero-order valence-electron chi connectivity index (χ0n) is 18.9. The first kappa shape index (κ1) is 28.6. The van der Waals surface area contributed by atoms with Gasteiger partial charge in [-0.3, -0.25) is 0 Å². The van der Waals surface area contributed by atoms with Crippen molar-refractivity contribution in [2.45, 2.75) is 38.1 Å². The summed E-state index contributed by atoms with van der Waals surface area (Å²) in [6.07, 6.45) is 5.44. The molecule has 0 heterocycles. The van der Waals surface area contributed by atoms with E-state index in [0.29, 0.717) is 50.0 Å². The maximum Gasteiger partial charge on any atom is 0.330 e. The summed E-state index contributed by atoms with van der Waals surface area (Å²) in [6, 6.07) is 3.95. The molecule has 0 saturated heterocycles. The van der Waals surface area contributed by atoms with E-state index in [1.54, 1.807) is 12.1 Å². The maximum absolute atomic E-state index is 12.2. The van der Waals surface area contributed by atoms with E-state index in [1.165, 1.54) is 25.3 Å². The lowest BCUT2D eigenvalue weighted by Crippen LogP contribution is -2.36. The highest BCUT2D eigenvalue weighted by atomic mass is 32.1. The summed E-state index contributed by atoms with van der Waals surface area (Å²) in [5.41, 5.74) is 11.8. The third-order valence-corrected chi connectivity index (χ3v) is 4.48. The Hall–Kier alpha value is -3.45. The number of hydrogen-bond acceptors (Lipinski definition) is 10. The first-order valence-electron chi connectivity index (χ1n) is 10.5. The standard InChI is InChI=1S/C21H30N4O8S/c1-30-18-14-15(8-10-19(26)31-12-3-2-4-13-32-25(28)29)7-9-17(18)33-20(27)16(22)6-5-11-24-21(23)34/h7-10,14,16H,2-6,11-13,22H2,1H3,(H3,23,24,34)/b10-8+. The lowest BCUT2D eigenvalue weighted by molar-refractivity contribution is -0.757. The predicted molar refractivity (Wildman–Crippen MR) is 127 cm³/mol. The molecule has 1 atom stereocenters. The molecule has 12 nitrogen and oxygen atoms in total. The average molecular weight is 499 g/mol. The van der Waals surface area contributed by atoms with E-state index in [4.69, 9.17) is 37.9 Å². The van der Waals surface area contributed by atoms with Crippen LogP contribution >= 0.6 is 12.2 Å². The molecule has 13 heteroatoms. The summed E-state index contributed by atoms with van der Waals surface area (Å²) in [5, 5.41) is 12.1. The second-order valence-electron chi connectivity index (χ2n) is 6.99. The van der Waals surface area contributed by atoms with Gasteiger partial charge in [0.25, 0.3) is 5.09 Å². The van der Waals surface area contributed by atoms with Crippen LogP contribution in [0.25, 0.3) is 6.08 Å². The molecule has 1 unspecified atom stereocenters. The van der Waals surface area contributed by atoms with Gasteiger partial charge in [-0.25, -0.2) is 9.59 Å². The number of rotatable bonds is 16. The van der Waals surface area contributed by atoms with Crippen LogP contribution in [-0.4, -0.2) is 55.0 Å². The van der Waals surface area contributed by atoms with Gasteiger partial charge in [-0.2, -0.15) is 0 Å². The van der Waals surface area contributed by atoms with Gasteiger partial charge in [0.15, 0.2) is 16.6 Å². The Morgan fingerprint density at radius 2 is 1.94 bits per heavy atom.